The van der Waals surface area contributed by atoms with Gasteiger partial charge in [0.25, 0.3) is 0 Å². The van der Waals surface area contributed by atoms with E-state index in [-0.39, 0.29) is 46.9 Å². The van der Waals surface area contributed by atoms with Crippen LogP contribution in [-0.4, -0.2) is 41.5 Å². The maximum Gasteiger partial charge on any atom is 0.249 e. The molecule has 5 aromatic rings. The quantitative estimate of drug-likeness (QED) is 0.288. The molecular formula is C27H24N4O7S. The van der Waals surface area contributed by atoms with Crippen molar-refractivity contribution in [1.82, 2.24) is 20.4 Å². The molecule has 0 bridgehead atoms. The lowest BCUT2D eigenvalue weighted by molar-refractivity contribution is -0.121. The van der Waals surface area contributed by atoms with Crippen molar-refractivity contribution in [3.8, 4) is 22.8 Å². The van der Waals surface area contributed by atoms with E-state index in [0.29, 0.717) is 28.3 Å². The first-order valence-corrected chi connectivity index (χ1v) is 14.1. The van der Waals surface area contributed by atoms with Crippen molar-refractivity contribution in [2.75, 3.05) is 12.0 Å². The monoisotopic (exact) mass is 548 g/mol. The fraction of sp³-hybridized carbons (Fsp3) is 0.222. The zero-order valence-corrected chi connectivity index (χ0v) is 21.9. The van der Waals surface area contributed by atoms with Gasteiger partial charge in [0.2, 0.25) is 28.6 Å². The molecule has 0 radical (unpaired) electrons. The van der Waals surface area contributed by atoms with Gasteiger partial charge in [-0.25, -0.2) is 8.42 Å². The first kappa shape index (κ1) is 26.0. The molecule has 0 aliphatic carbocycles. The van der Waals surface area contributed by atoms with E-state index in [2.05, 4.69) is 20.4 Å². The summed E-state index contributed by atoms with van der Waals surface area (Å²) in [5.74, 6) is 0.222. The number of carbonyl (C=O) groups is 1. The third-order valence-electron chi connectivity index (χ3n) is 5.90. The van der Waals surface area contributed by atoms with Gasteiger partial charge in [0.1, 0.15) is 33.1 Å². The highest BCUT2D eigenvalue weighted by atomic mass is 32.2. The maximum absolute atomic E-state index is 13.4. The van der Waals surface area contributed by atoms with Gasteiger partial charge in [-0.1, -0.05) is 41.6 Å². The summed E-state index contributed by atoms with van der Waals surface area (Å²) in [6.45, 7) is 1.63. The average Bonchev–Trinajstić information content (AvgIpc) is 3.53. The largest absolute Gasteiger partial charge is 0.457 e. The molecule has 0 aliphatic heterocycles. The lowest BCUT2D eigenvalue weighted by Gasteiger charge is -2.14. The molecule has 200 valence electrons. The minimum Gasteiger partial charge on any atom is -0.457 e. The molecule has 1 atom stereocenters. The number of furan rings is 1. The predicted octanol–water partition coefficient (Wildman–Crippen LogP) is 3.64. The van der Waals surface area contributed by atoms with Crippen molar-refractivity contribution in [2.45, 2.75) is 25.8 Å². The summed E-state index contributed by atoms with van der Waals surface area (Å²) in [6.07, 6.45) is 2.46. The van der Waals surface area contributed by atoms with E-state index in [1.54, 1.807) is 43.5 Å². The van der Waals surface area contributed by atoms with E-state index in [0.717, 1.165) is 6.26 Å². The number of nitrogens with zero attached hydrogens (tertiary/aromatic N) is 3. The van der Waals surface area contributed by atoms with Crippen LogP contribution in [0.3, 0.4) is 0 Å². The summed E-state index contributed by atoms with van der Waals surface area (Å²) in [7, 11) is -3.36. The molecule has 0 saturated heterocycles. The Morgan fingerprint density at radius 2 is 1.82 bits per heavy atom. The molecule has 11 nitrogen and oxygen atoms in total. The number of fused-ring (bicyclic) bond motifs is 1. The van der Waals surface area contributed by atoms with Crippen LogP contribution >= 0.6 is 0 Å². The number of benzene rings is 1. The molecule has 1 aromatic carbocycles. The zero-order chi connectivity index (χ0) is 27.6. The minimum atomic E-state index is -3.36. The molecule has 4 heterocycles. The van der Waals surface area contributed by atoms with Crippen molar-refractivity contribution in [3.63, 3.8) is 0 Å². The summed E-state index contributed by atoms with van der Waals surface area (Å²) in [4.78, 5) is 34.5. The van der Waals surface area contributed by atoms with E-state index in [9.17, 15) is 18.0 Å². The molecular weight excluding hydrogens is 524 g/mol. The van der Waals surface area contributed by atoms with E-state index in [1.165, 1.54) is 6.07 Å². The second-order valence-corrected chi connectivity index (χ2v) is 11.3. The predicted molar refractivity (Wildman–Crippen MR) is 141 cm³/mol. The van der Waals surface area contributed by atoms with Gasteiger partial charge in [-0.2, -0.15) is 4.98 Å². The average molecular weight is 549 g/mol. The summed E-state index contributed by atoms with van der Waals surface area (Å²) in [5, 5.41) is 6.73. The smallest absolute Gasteiger partial charge is 0.249 e. The Kier molecular flexibility index (Phi) is 7.11. The van der Waals surface area contributed by atoms with Crippen LogP contribution in [0.15, 0.2) is 78.9 Å². The van der Waals surface area contributed by atoms with Gasteiger partial charge < -0.3 is 18.7 Å². The second kappa shape index (κ2) is 10.7. The highest BCUT2D eigenvalue weighted by molar-refractivity contribution is 7.90. The Balaban J connectivity index is 1.47. The Hall–Kier alpha value is -4.58. The third-order valence-corrected chi connectivity index (χ3v) is 6.88. The Bertz CT molecular complexity index is 1790. The van der Waals surface area contributed by atoms with E-state index in [1.807, 2.05) is 18.2 Å². The van der Waals surface area contributed by atoms with Crippen molar-refractivity contribution >= 4 is 26.9 Å². The van der Waals surface area contributed by atoms with Gasteiger partial charge in [-0.15, -0.1) is 0 Å². The number of carbonyl (C=O) groups excluding carboxylic acids is 1. The molecule has 1 N–H and O–H groups in total. The number of rotatable bonds is 9. The minimum absolute atomic E-state index is 0.000291. The van der Waals surface area contributed by atoms with Crippen molar-refractivity contribution in [3.05, 3.63) is 88.2 Å². The van der Waals surface area contributed by atoms with Crippen molar-refractivity contribution < 1.29 is 26.6 Å². The number of aromatic nitrogens is 3. The van der Waals surface area contributed by atoms with Crippen molar-refractivity contribution in [1.29, 1.82) is 0 Å². The molecule has 0 spiro atoms. The van der Waals surface area contributed by atoms with Crippen LogP contribution in [0, 0.1) is 6.92 Å². The van der Waals surface area contributed by atoms with E-state index in [4.69, 9.17) is 13.4 Å². The summed E-state index contributed by atoms with van der Waals surface area (Å²) in [6, 6.07) is 14.7. The molecule has 1 amide bonds. The lowest BCUT2D eigenvalue weighted by Crippen LogP contribution is -2.31. The van der Waals surface area contributed by atoms with Crippen LogP contribution in [-0.2, 0) is 21.1 Å². The van der Waals surface area contributed by atoms with Crippen LogP contribution in [0.2, 0.25) is 0 Å². The first-order valence-electron chi connectivity index (χ1n) is 12.0. The van der Waals surface area contributed by atoms with Crippen LogP contribution in [0.4, 0.5) is 0 Å². The number of nitrogens with one attached hydrogen (secondary N) is 1. The second-order valence-electron chi connectivity index (χ2n) is 9.04. The Labute approximate surface area is 222 Å². The van der Waals surface area contributed by atoms with Gasteiger partial charge in [0.05, 0.1) is 17.7 Å². The highest BCUT2D eigenvalue weighted by Crippen LogP contribution is 2.33. The fourth-order valence-electron chi connectivity index (χ4n) is 4.12. The standard InChI is InChI=1S/C27H24N4O7S/c1-16-14-21(32)25-24(36-16)18(23(37-25)17-8-4-3-5-9-17)15-22(33)29-20(11-13-39(2,34)35)27-30-26(31-38-27)19-10-6-7-12-28-19/h3-10,12,14,20H,11,13,15H2,1-2H3,(H,29,33). The maximum atomic E-state index is 13.4. The topological polar surface area (TPSA) is 158 Å². The molecule has 4 aromatic heterocycles. The molecule has 0 aliphatic rings. The van der Waals surface area contributed by atoms with E-state index < -0.39 is 21.8 Å². The van der Waals surface area contributed by atoms with Gasteiger partial charge in [0.15, 0.2) is 5.58 Å². The normalized spacial score (nSPS) is 12.5. The Morgan fingerprint density at radius 1 is 1.05 bits per heavy atom. The molecule has 5 rings (SSSR count). The lowest BCUT2D eigenvalue weighted by atomic mass is 10.0. The summed E-state index contributed by atoms with van der Waals surface area (Å²) in [5.41, 5.74) is 1.33. The molecule has 1 unspecified atom stereocenters. The third kappa shape index (κ3) is 5.96. The number of pyridine rings is 1. The highest BCUT2D eigenvalue weighted by Gasteiger charge is 2.27. The van der Waals surface area contributed by atoms with Gasteiger partial charge in [-0.05, 0) is 25.5 Å². The molecule has 0 fully saturated rings. The zero-order valence-electron chi connectivity index (χ0n) is 21.1. The van der Waals surface area contributed by atoms with Gasteiger partial charge >= 0.3 is 0 Å². The fourth-order valence-corrected chi connectivity index (χ4v) is 4.78. The van der Waals surface area contributed by atoms with Crippen LogP contribution in [0.1, 0.15) is 29.7 Å². The first-order chi connectivity index (χ1) is 18.7. The number of hydrogen-bond donors (Lipinski definition) is 1. The molecule has 12 heteroatoms. The summed E-state index contributed by atoms with van der Waals surface area (Å²) >= 11 is 0. The van der Waals surface area contributed by atoms with E-state index >= 15 is 0 Å². The van der Waals surface area contributed by atoms with Crippen LogP contribution in [0.5, 0.6) is 0 Å². The van der Waals surface area contributed by atoms with Gasteiger partial charge in [0, 0.05) is 24.1 Å². The van der Waals surface area contributed by atoms with Gasteiger partial charge in [-0.3, -0.25) is 14.6 Å². The summed E-state index contributed by atoms with van der Waals surface area (Å²) < 4.78 is 40.9. The van der Waals surface area contributed by atoms with Crippen LogP contribution < -0.4 is 10.7 Å². The SMILES string of the molecule is Cc1cc(=O)c2oc(-c3ccccc3)c(CC(=O)NC(CCS(C)(=O)=O)c3nc(-c4ccccn4)no3)c2o1. The number of aryl methyl sites for hydroxylation is 1. The number of sulfone groups is 1. The van der Waals surface area contributed by atoms with Crippen LogP contribution in [0.25, 0.3) is 34.0 Å². The number of hydrogen-bond acceptors (Lipinski definition) is 10. The Morgan fingerprint density at radius 3 is 2.54 bits per heavy atom. The molecule has 0 saturated carbocycles. The number of amides is 1. The van der Waals surface area contributed by atoms with Crippen molar-refractivity contribution in [2.24, 2.45) is 0 Å². The molecule has 39 heavy (non-hydrogen) atoms.